The zero-order valence-electron chi connectivity index (χ0n) is 14.9. The molecule has 0 atom stereocenters. The largest absolute Gasteiger partial charge is 0.357 e. The predicted molar refractivity (Wildman–Crippen MR) is 95.4 cm³/mol. The second-order valence-corrected chi connectivity index (χ2v) is 7.46. The summed E-state index contributed by atoms with van der Waals surface area (Å²) in [5, 5.41) is 7.05. The van der Waals surface area contributed by atoms with Crippen LogP contribution in [0.2, 0.25) is 0 Å². The highest BCUT2D eigenvalue weighted by atomic mass is 15.2. The van der Waals surface area contributed by atoms with Crippen LogP contribution >= 0.6 is 0 Å². The summed E-state index contributed by atoms with van der Waals surface area (Å²) in [6, 6.07) is 0.588. The highest BCUT2D eigenvalue weighted by molar-refractivity contribution is 5.80. The lowest BCUT2D eigenvalue weighted by molar-refractivity contribution is 0.187. The third kappa shape index (κ3) is 6.99. The Bertz CT molecular complexity index is 328. The van der Waals surface area contributed by atoms with Crippen molar-refractivity contribution in [3.63, 3.8) is 0 Å². The predicted octanol–water partition coefficient (Wildman–Crippen LogP) is 2.85. The molecule has 0 aromatic carbocycles. The highest BCUT2D eigenvalue weighted by Crippen LogP contribution is 2.33. The summed E-state index contributed by atoms with van der Waals surface area (Å²) in [4.78, 5) is 7.36. The summed E-state index contributed by atoms with van der Waals surface area (Å²) in [6.45, 7) is 12.4. The van der Waals surface area contributed by atoms with Crippen LogP contribution in [0.1, 0.15) is 59.3 Å². The van der Waals surface area contributed by atoms with Gasteiger partial charge in [-0.05, 0) is 44.4 Å². The van der Waals surface area contributed by atoms with Crippen LogP contribution in [0, 0.1) is 11.8 Å². The van der Waals surface area contributed by atoms with Crippen LogP contribution in [0.3, 0.4) is 0 Å². The summed E-state index contributed by atoms with van der Waals surface area (Å²) in [7, 11) is 0. The maximum absolute atomic E-state index is 4.76. The molecule has 1 aliphatic carbocycles. The third-order valence-electron chi connectivity index (χ3n) is 4.63. The minimum atomic E-state index is 0.588. The SMILES string of the molecule is CCNC(=NCCCC1CC1)NC1CCN(CC(C)C)CC1. The molecule has 0 bridgehead atoms. The first-order valence-electron chi connectivity index (χ1n) is 9.44. The van der Waals surface area contributed by atoms with Crippen molar-refractivity contribution in [3.8, 4) is 0 Å². The molecule has 2 N–H and O–H groups in total. The van der Waals surface area contributed by atoms with E-state index in [0.717, 1.165) is 30.9 Å². The van der Waals surface area contributed by atoms with E-state index in [9.17, 15) is 0 Å². The number of guanidine groups is 1. The van der Waals surface area contributed by atoms with Crippen molar-refractivity contribution in [1.29, 1.82) is 0 Å². The van der Waals surface area contributed by atoms with E-state index < -0.39 is 0 Å². The molecule has 0 unspecified atom stereocenters. The van der Waals surface area contributed by atoms with Crippen molar-refractivity contribution >= 4 is 5.96 Å². The highest BCUT2D eigenvalue weighted by Gasteiger charge is 2.21. The first-order valence-corrected chi connectivity index (χ1v) is 9.44. The second-order valence-electron chi connectivity index (χ2n) is 7.46. The third-order valence-corrected chi connectivity index (χ3v) is 4.63. The van der Waals surface area contributed by atoms with Gasteiger partial charge in [0.1, 0.15) is 0 Å². The molecule has 0 aromatic rings. The average molecular weight is 309 g/mol. The topological polar surface area (TPSA) is 39.7 Å². The number of likely N-dealkylation sites (tertiary alicyclic amines) is 1. The second kappa shape index (κ2) is 9.39. The summed E-state index contributed by atoms with van der Waals surface area (Å²) < 4.78 is 0. The van der Waals surface area contributed by atoms with Crippen LogP contribution in [-0.2, 0) is 0 Å². The van der Waals surface area contributed by atoms with Crippen LogP contribution in [0.5, 0.6) is 0 Å². The Labute approximate surface area is 137 Å². The number of hydrogen-bond acceptors (Lipinski definition) is 2. The fourth-order valence-corrected chi connectivity index (χ4v) is 3.27. The molecular weight excluding hydrogens is 272 g/mol. The molecule has 2 rings (SSSR count). The Morgan fingerprint density at radius 3 is 2.50 bits per heavy atom. The lowest BCUT2D eigenvalue weighted by atomic mass is 10.0. The van der Waals surface area contributed by atoms with Gasteiger partial charge in [-0.3, -0.25) is 4.99 Å². The lowest BCUT2D eigenvalue weighted by Gasteiger charge is -2.34. The Morgan fingerprint density at radius 1 is 1.18 bits per heavy atom. The van der Waals surface area contributed by atoms with Gasteiger partial charge in [0, 0.05) is 38.8 Å². The van der Waals surface area contributed by atoms with Gasteiger partial charge in [-0.2, -0.15) is 0 Å². The van der Waals surface area contributed by atoms with E-state index in [1.54, 1.807) is 0 Å². The molecule has 22 heavy (non-hydrogen) atoms. The van der Waals surface area contributed by atoms with E-state index >= 15 is 0 Å². The van der Waals surface area contributed by atoms with E-state index in [1.165, 1.54) is 58.2 Å². The number of nitrogens with one attached hydrogen (secondary N) is 2. The van der Waals surface area contributed by atoms with Crippen molar-refractivity contribution in [2.45, 2.75) is 65.3 Å². The lowest BCUT2D eigenvalue weighted by Crippen LogP contribution is -2.49. The Morgan fingerprint density at radius 2 is 1.91 bits per heavy atom. The Kier molecular flexibility index (Phi) is 7.50. The molecule has 1 aliphatic heterocycles. The fourth-order valence-electron chi connectivity index (χ4n) is 3.27. The van der Waals surface area contributed by atoms with Crippen molar-refractivity contribution in [3.05, 3.63) is 0 Å². The van der Waals surface area contributed by atoms with Gasteiger partial charge in [-0.15, -0.1) is 0 Å². The summed E-state index contributed by atoms with van der Waals surface area (Å²) in [5.41, 5.74) is 0. The van der Waals surface area contributed by atoms with E-state index in [-0.39, 0.29) is 0 Å². The minimum absolute atomic E-state index is 0.588. The van der Waals surface area contributed by atoms with E-state index in [2.05, 4.69) is 36.3 Å². The Hall–Kier alpha value is -0.770. The average Bonchev–Trinajstić information content (AvgIpc) is 3.29. The van der Waals surface area contributed by atoms with Crippen LogP contribution < -0.4 is 10.6 Å². The van der Waals surface area contributed by atoms with Crippen molar-refractivity contribution < 1.29 is 0 Å². The fraction of sp³-hybridized carbons (Fsp3) is 0.944. The quantitative estimate of drug-likeness (QED) is 0.411. The normalized spacial score (nSPS) is 21.4. The molecule has 1 heterocycles. The molecule has 0 amide bonds. The van der Waals surface area contributed by atoms with Crippen molar-refractivity contribution in [2.24, 2.45) is 16.8 Å². The number of nitrogens with zero attached hydrogens (tertiary/aromatic N) is 2. The maximum Gasteiger partial charge on any atom is 0.191 e. The van der Waals surface area contributed by atoms with E-state index in [1.807, 2.05) is 0 Å². The van der Waals surface area contributed by atoms with Gasteiger partial charge in [0.2, 0.25) is 0 Å². The van der Waals surface area contributed by atoms with E-state index in [0.29, 0.717) is 6.04 Å². The molecule has 0 aromatic heterocycles. The van der Waals surface area contributed by atoms with Crippen LogP contribution in [-0.4, -0.2) is 49.6 Å². The smallest absolute Gasteiger partial charge is 0.191 e. The van der Waals surface area contributed by atoms with Gasteiger partial charge in [-0.1, -0.05) is 26.7 Å². The zero-order chi connectivity index (χ0) is 15.8. The van der Waals surface area contributed by atoms with Gasteiger partial charge in [-0.25, -0.2) is 0 Å². The van der Waals surface area contributed by atoms with Crippen molar-refractivity contribution in [2.75, 3.05) is 32.7 Å². The molecule has 1 saturated carbocycles. The number of hydrogen-bond donors (Lipinski definition) is 2. The van der Waals surface area contributed by atoms with E-state index in [4.69, 9.17) is 4.99 Å². The molecular formula is C18H36N4. The van der Waals surface area contributed by atoms with Crippen LogP contribution in [0.25, 0.3) is 0 Å². The maximum atomic E-state index is 4.76. The molecule has 0 spiro atoms. The first kappa shape index (κ1) is 17.6. The number of rotatable bonds is 8. The van der Waals surface area contributed by atoms with Gasteiger partial charge < -0.3 is 15.5 Å². The monoisotopic (exact) mass is 308 g/mol. The van der Waals surface area contributed by atoms with Gasteiger partial charge in [0.15, 0.2) is 5.96 Å². The number of piperidine rings is 1. The molecule has 4 nitrogen and oxygen atoms in total. The summed E-state index contributed by atoms with van der Waals surface area (Å²) >= 11 is 0. The molecule has 4 heteroatoms. The molecule has 1 saturated heterocycles. The Balaban J connectivity index is 1.67. The molecule has 2 aliphatic rings. The molecule has 128 valence electrons. The van der Waals surface area contributed by atoms with Gasteiger partial charge >= 0.3 is 0 Å². The van der Waals surface area contributed by atoms with Crippen LogP contribution in [0.15, 0.2) is 4.99 Å². The van der Waals surface area contributed by atoms with Gasteiger partial charge in [0.05, 0.1) is 0 Å². The minimum Gasteiger partial charge on any atom is -0.357 e. The van der Waals surface area contributed by atoms with Gasteiger partial charge in [0.25, 0.3) is 0 Å². The molecule has 2 fully saturated rings. The summed E-state index contributed by atoms with van der Waals surface area (Å²) in [5.74, 6) is 2.83. The van der Waals surface area contributed by atoms with Crippen LogP contribution in [0.4, 0.5) is 0 Å². The van der Waals surface area contributed by atoms with Crippen molar-refractivity contribution in [1.82, 2.24) is 15.5 Å². The molecule has 0 radical (unpaired) electrons. The zero-order valence-corrected chi connectivity index (χ0v) is 14.9. The number of aliphatic imine (C=N–C) groups is 1. The standard InChI is InChI=1S/C18H36N4/c1-4-19-18(20-11-5-6-16-7-8-16)21-17-9-12-22(13-10-17)14-15(2)3/h15-17H,4-14H2,1-3H3,(H2,19,20,21). The first-order chi connectivity index (χ1) is 10.7. The summed E-state index contributed by atoms with van der Waals surface area (Å²) in [6.07, 6.45) is 8.00.